The van der Waals surface area contributed by atoms with E-state index in [1.165, 1.54) is 19.1 Å². The molecule has 0 saturated carbocycles. The summed E-state index contributed by atoms with van der Waals surface area (Å²) < 4.78 is 10.4. The summed E-state index contributed by atoms with van der Waals surface area (Å²) in [5.41, 5.74) is 5.97. The van der Waals surface area contributed by atoms with Crippen molar-refractivity contribution in [1.82, 2.24) is 26.6 Å². The van der Waals surface area contributed by atoms with Gasteiger partial charge < -0.3 is 57.1 Å². The fourth-order valence-electron chi connectivity index (χ4n) is 4.89. The van der Waals surface area contributed by atoms with Crippen LogP contribution in [0.15, 0.2) is 24.3 Å². The molecule has 17 nitrogen and oxygen atoms in total. The van der Waals surface area contributed by atoms with Gasteiger partial charge in [-0.05, 0) is 50.4 Å². The van der Waals surface area contributed by atoms with E-state index in [0.29, 0.717) is 24.9 Å². The molecule has 0 aliphatic carbocycles. The normalized spacial score (nSPS) is 14.2. The van der Waals surface area contributed by atoms with Crippen LogP contribution in [0.2, 0.25) is 0 Å². The fourth-order valence-corrected chi connectivity index (χ4v) is 4.89. The third-order valence-corrected chi connectivity index (χ3v) is 7.67. The van der Waals surface area contributed by atoms with Crippen LogP contribution in [0.1, 0.15) is 65.9 Å². The summed E-state index contributed by atoms with van der Waals surface area (Å²) in [6.07, 6.45) is -0.741. The van der Waals surface area contributed by atoms with Crippen LogP contribution in [0.5, 0.6) is 5.75 Å². The molecule has 0 bridgehead atoms. The molecule has 1 aromatic rings. The second-order valence-corrected chi connectivity index (χ2v) is 13.1. The minimum atomic E-state index is -1.54. The van der Waals surface area contributed by atoms with Gasteiger partial charge in [0.1, 0.15) is 36.5 Å². The van der Waals surface area contributed by atoms with Crippen LogP contribution in [0, 0.1) is 5.92 Å². The zero-order valence-electron chi connectivity index (χ0n) is 30.8. The smallest absolute Gasteiger partial charge is 0.246 e. The molecule has 1 aromatic carbocycles. The van der Waals surface area contributed by atoms with Crippen LogP contribution >= 0.6 is 0 Å². The molecule has 0 aliphatic rings. The van der Waals surface area contributed by atoms with Gasteiger partial charge in [-0.1, -0.05) is 39.8 Å². The summed E-state index contributed by atoms with van der Waals surface area (Å²) in [6.45, 7) is 8.83. The number of ketones is 1. The van der Waals surface area contributed by atoms with E-state index in [9.17, 15) is 39.0 Å². The van der Waals surface area contributed by atoms with Crippen molar-refractivity contribution >= 4 is 35.3 Å². The van der Waals surface area contributed by atoms with E-state index in [4.69, 9.17) is 20.3 Å². The van der Waals surface area contributed by atoms with Crippen molar-refractivity contribution in [3.8, 4) is 5.75 Å². The number of phenolic OH excluding ortho intramolecular Hbond substituents is 1. The van der Waals surface area contributed by atoms with Crippen molar-refractivity contribution in [1.29, 1.82) is 0 Å². The summed E-state index contributed by atoms with van der Waals surface area (Å²) in [4.78, 5) is 78.2. The van der Waals surface area contributed by atoms with Crippen LogP contribution in [0.25, 0.3) is 0 Å². The molecule has 0 fully saturated rings. The molecule has 5 atom stereocenters. The zero-order valence-corrected chi connectivity index (χ0v) is 30.8. The van der Waals surface area contributed by atoms with Gasteiger partial charge in [-0.2, -0.15) is 0 Å². The number of hydrogen-bond acceptors (Lipinski definition) is 12. The third kappa shape index (κ3) is 18.9. The fraction of sp³-hybridized carbons (Fsp3) is 0.657. The van der Waals surface area contributed by atoms with E-state index in [1.54, 1.807) is 26.0 Å². The van der Waals surface area contributed by atoms with Crippen molar-refractivity contribution in [3.05, 3.63) is 29.8 Å². The van der Waals surface area contributed by atoms with Gasteiger partial charge in [0.2, 0.25) is 29.5 Å². The van der Waals surface area contributed by atoms with E-state index in [2.05, 4.69) is 26.6 Å². The van der Waals surface area contributed by atoms with Crippen LogP contribution in [-0.4, -0.2) is 127 Å². The number of Topliss-reactive ketones (excluding diaryl/α,β-unsaturated/α-hetero) is 1. The number of aromatic hydroxyl groups is 1. The number of nitrogens with two attached hydrogens (primary N) is 1. The summed E-state index contributed by atoms with van der Waals surface area (Å²) in [6, 6.07) is 0.903. The highest BCUT2D eigenvalue weighted by atomic mass is 16.5. The Morgan fingerprint density at radius 1 is 0.769 bits per heavy atom. The first kappa shape index (κ1) is 45.9. The Morgan fingerprint density at radius 2 is 1.37 bits per heavy atom. The number of benzene rings is 1. The quantitative estimate of drug-likeness (QED) is 0.0470. The molecule has 0 heterocycles. The lowest BCUT2D eigenvalue weighted by Gasteiger charge is -2.27. The molecule has 1 rings (SSSR count). The number of carbonyl (C=O) groups excluding carboxylic acids is 6. The lowest BCUT2D eigenvalue weighted by molar-refractivity contribution is -0.136. The Hall–Kier alpha value is -4.16. The summed E-state index contributed by atoms with van der Waals surface area (Å²) in [7, 11) is 0. The largest absolute Gasteiger partial charge is 0.508 e. The second-order valence-electron chi connectivity index (χ2n) is 13.1. The molecule has 10 N–H and O–H groups in total. The van der Waals surface area contributed by atoms with Crippen molar-refractivity contribution in [2.75, 3.05) is 39.6 Å². The predicted octanol–water partition coefficient (Wildman–Crippen LogP) is -1.45. The summed E-state index contributed by atoms with van der Waals surface area (Å²) >= 11 is 0. The molecule has 0 spiro atoms. The number of unbranched alkanes of at least 4 members (excludes halogenated alkanes) is 1. The molecule has 0 radical (unpaired) electrons. The molecule has 294 valence electrons. The van der Waals surface area contributed by atoms with Gasteiger partial charge in [0.15, 0.2) is 5.78 Å². The summed E-state index contributed by atoms with van der Waals surface area (Å²) in [5.74, 6) is -5.06. The molecule has 0 aromatic heterocycles. The highest BCUT2D eigenvalue weighted by molar-refractivity contribution is 5.97. The van der Waals surface area contributed by atoms with E-state index in [0.717, 1.165) is 0 Å². The number of ether oxygens (including phenoxy) is 2. The number of phenols is 1. The monoisotopic (exact) mass is 738 g/mol. The maximum Gasteiger partial charge on any atom is 0.246 e. The van der Waals surface area contributed by atoms with Gasteiger partial charge in [0.05, 0.1) is 39.0 Å². The van der Waals surface area contributed by atoms with Crippen molar-refractivity contribution in [3.63, 3.8) is 0 Å². The lowest BCUT2D eigenvalue weighted by atomic mass is 9.97. The number of amides is 5. The lowest BCUT2D eigenvalue weighted by Crippen LogP contribution is -2.59. The van der Waals surface area contributed by atoms with E-state index < -0.39 is 84.5 Å². The molecule has 0 aliphatic heterocycles. The molecule has 5 amide bonds. The number of carbonyl (C=O) groups is 6. The summed E-state index contributed by atoms with van der Waals surface area (Å²) in [5, 5.41) is 42.1. The Kier molecular flexibility index (Phi) is 22.0. The molecule has 52 heavy (non-hydrogen) atoms. The standard InChI is InChI=1S/C35H58N6O11/c1-21(2)32(47)31(23(5)43)41-35(50)28(19-29(36)45)40-33(48)26(8-6-7-13-37-22(3)4)39-34(49)27(18-24-9-11-25(44)12-10-24)38-30(46)20-52-17-16-51-15-14-42/h9-12,21-23,26-28,31,37,42-44H,6-8,13-20H2,1-5H3,(H2,36,45)(H,38,46)(H,39,49)(H,40,48)(H,41,50)/t23-,26+,27-,28+,31+/m1/s1. The SMILES string of the molecule is CC(C)NCCCC[C@H](NC(=O)[C@@H](Cc1ccc(O)cc1)NC(=O)COCCOCCO)C(=O)N[C@@H](CC(N)=O)C(=O)N[C@H](C(=O)C(C)C)[C@@H](C)O. The number of primary amides is 1. The molecular formula is C35H58N6O11. The van der Waals surface area contributed by atoms with Crippen LogP contribution in [0.4, 0.5) is 0 Å². The number of aliphatic hydroxyl groups excluding tert-OH is 2. The first-order valence-electron chi connectivity index (χ1n) is 17.5. The van der Waals surface area contributed by atoms with Crippen LogP contribution < -0.4 is 32.3 Å². The average molecular weight is 739 g/mol. The predicted molar refractivity (Wildman–Crippen MR) is 191 cm³/mol. The highest BCUT2D eigenvalue weighted by Crippen LogP contribution is 2.13. The van der Waals surface area contributed by atoms with E-state index in [1.807, 2.05) is 13.8 Å². The molecule has 0 saturated heterocycles. The topological polar surface area (TPSA) is 268 Å². The van der Waals surface area contributed by atoms with Gasteiger partial charge in [0.25, 0.3) is 0 Å². The Bertz CT molecular complexity index is 1280. The maximum atomic E-state index is 13.8. The minimum Gasteiger partial charge on any atom is -0.508 e. The Labute approximate surface area is 305 Å². The Morgan fingerprint density at radius 3 is 1.94 bits per heavy atom. The maximum absolute atomic E-state index is 13.8. The van der Waals surface area contributed by atoms with Gasteiger partial charge in [0, 0.05) is 18.4 Å². The van der Waals surface area contributed by atoms with Gasteiger partial charge >= 0.3 is 0 Å². The molecule has 0 unspecified atom stereocenters. The number of nitrogens with one attached hydrogen (secondary N) is 5. The highest BCUT2D eigenvalue weighted by Gasteiger charge is 2.34. The Balaban J connectivity index is 3.27. The van der Waals surface area contributed by atoms with Crippen molar-refractivity contribution in [2.24, 2.45) is 11.7 Å². The van der Waals surface area contributed by atoms with E-state index in [-0.39, 0.29) is 51.1 Å². The number of aliphatic hydroxyl groups is 2. The van der Waals surface area contributed by atoms with Gasteiger partial charge in [-0.3, -0.25) is 28.8 Å². The van der Waals surface area contributed by atoms with E-state index >= 15 is 0 Å². The number of hydrogen-bond donors (Lipinski definition) is 9. The van der Waals surface area contributed by atoms with Crippen molar-refractivity contribution in [2.45, 2.75) is 103 Å². The zero-order chi connectivity index (χ0) is 39.2. The first-order chi connectivity index (χ1) is 24.5. The van der Waals surface area contributed by atoms with Crippen molar-refractivity contribution < 1.29 is 53.6 Å². The minimum absolute atomic E-state index is 0.00261. The molecule has 17 heteroatoms. The van der Waals surface area contributed by atoms with Crippen LogP contribution in [0.3, 0.4) is 0 Å². The molecular weight excluding hydrogens is 680 g/mol. The average Bonchev–Trinajstić information content (AvgIpc) is 3.07. The second kappa shape index (κ2) is 24.9. The number of rotatable bonds is 27. The third-order valence-electron chi connectivity index (χ3n) is 7.67. The van der Waals surface area contributed by atoms with Gasteiger partial charge in [-0.15, -0.1) is 0 Å². The van der Waals surface area contributed by atoms with Crippen LogP contribution in [-0.2, 0) is 44.7 Å². The first-order valence-corrected chi connectivity index (χ1v) is 17.5. The van der Waals surface area contributed by atoms with Gasteiger partial charge in [-0.25, -0.2) is 0 Å².